The number of amides is 5. The van der Waals surface area contributed by atoms with Gasteiger partial charge in [-0.2, -0.15) is 26.3 Å². The number of hydrogen-bond acceptors (Lipinski definition) is 9. The molecule has 2 aliphatic rings. The maximum Gasteiger partial charge on any atom is 0.471 e. The number of nitrogens with zero attached hydrogens (tertiary/aromatic N) is 6. The van der Waals surface area contributed by atoms with E-state index in [0.717, 1.165) is 12.1 Å². The third-order valence-electron chi connectivity index (χ3n) is 9.97. The molecule has 14 nitrogen and oxygen atoms in total. The van der Waals surface area contributed by atoms with Crippen molar-refractivity contribution in [1.29, 1.82) is 0 Å². The first-order valence-corrected chi connectivity index (χ1v) is 20.7. The third-order valence-corrected chi connectivity index (χ3v) is 10.5. The van der Waals surface area contributed by atoms with Crippen LogP contribution in [0.25, 0.3) is 11.5 Å². The average molecular weight is 987 g/mol. The zero-order chi connectivity index (χ0) is 48.5. The highest BCUT2D eigenvalue weighted by Gasteiger charge is 2.39. The smallest absolute Gasteiger partial charge is 0.413 e. The van der Waals surface area contributed by atoms with Gasteiger partial charge in [0.15, 0.2) is 5.78 Å². The predicted octanol–water partition coefficient (Wildman–Crippen LogP) is 8.81. The molecule has 1 N–H and O–H groups in total. The van der Waals surface area contributed by atoms with E-state index in [1.807, 2.05) is 0 Å². The Hall–Kier alpha value is -6.36. The van der Waals surface area contributed by atoms with Gasteiger partial charge in [0.05, 0.1) is 46.1 Å². The molecule has 0 saturated carbocycles. The van der Waals surface area contributed by atoms with Crippen LogP contribution in [-0.2, 0) is 33.5 Å². The minimum atomic E-state index is -5.13. The van der Waals surface area contributed by atoms with Crippen LogP contribution in [0.3, 0.4) is 0 Å². The van der Waals surface area contributed by atoms with Gasteiger partial charge in [0.25, 0.3) is 0 Å². The summed E-state index contributed by atoms with van der Waals surface area (Å²) in [5.41, 5.74) is 0.956. The summed E-state index contributed by atoms with van der Waals surface area (Å²) in [6.45, 7) is 1.80. The first-order chi connectivity index (χ1) is 31.8. The third kappa shape index (κ3) is 13.4. The van der Waals surface area contributed by atoms with Crippen LogP contribution in [0.2, 0.25) is 10.0 Å². The first-order valence-electron chi connectivity index (χ1n) is 19.9. The SMILES string of the molecule is O=C(CNC(=O)C(F)(F)F)c1ccc(CN(C(=O)N2CCOCC2)c2ccc(Cl)cc2)c(F)c1.O=C(N1CCOCC1)N(Cc1ccc(-c2nnc(C(F)(F)F)o2)cc1F)c1ccc(Cl)cc1. The van der Waals surface area contributed by atoms with Crippen molar-refractivity contribution in [2.24, 2.45) is 0 Å². The minimum absolute atomic E-state index is 0.0169. The maximum absolute atomic E-state index is 14.9. The molecule has 0 spiro atoms. The molecule has 4 aromatic carbocycles. The Balaban J connectivity index is 0.000000221. The van der Waals surface area contributed by atoms with Gasteiger partial charge < -0.3 is 29.0 Å². The standard InChI is InChI=1S/C22H20ClF4N3O4.C21H17ClF4N4O3/c23-16-3-5-17(6-4-16)30(21(33)29-7-9-34-10-8-29)13-15-2-1-14(11-18(15)24)19(31)12-28-20(32)22(25,26)27;22-15-3-5-16(6-4-15)30(20(31)29-7-9-32-10-8-29)12-14-2-1-13(11-17(14)23)18-27-28-19(33-18)21(24,25)26/h1-6,11H,7-10,12-13H2,(H,28,32);1-6,11H,7-10,12H2. The number of benzene rings is 4. The second-order valence-electron chi connectivity index (χ2n) is 14.5. The molecule has 24 heteroatoms. The lowest BCUT2D eigenvalue weighted by Gasteiger charge is -2.33. The van der Waals surface area contributed by atoms with E-state index in [2.05, 4.69) is 14.6 Å². The highest BCUT2D eigenvalue weighted by Crippen LogP contribution is 2.32. The average Bonchev–Trinajstić information content (AvgIpc) is 3.83. The Morgan fingerprint density at radius 2 is 1.10 bits per heavy atom. The van der Waals surface area contributed by atoms with Gasteiger partial charge in [0.2, 0.25) is 5.89 Å². The maximum atomic E-state index is 14.9. The number of rotatable bonds is 10. The number of morpholine rings is 2. The van der Waals surface area contributed by atoms with Crippen molar-refractivity contribution >= 4 is 58.3 Å². The van der Waals surface area contributed by atoms with Gasteiger partial charge in [-0.25, -0.2) is 18.4 Å². The van der Waals surface area contributed by atoms with Gasteiger partial charge in [-0.15, -0.1) is 10.2 Å². The molecule has 1 aromatic heterocycles. The summed E-state index contributed by atoms with van der Waals surface area (Å²) in [7, 11) is 0. The van der Waals surface area contributed by atoms with Crippen LogP contribution in [0.4, 0.5) is 56.1 Å². The van der Waals surface area contributed by atoms with Gasteiger partial charge in [-0.05, 0) is 66.7 Å². The molecule has 0 atom stereocenters. The molecule has 3 heterocycles. The highest BCUT2D eigenvalue weighted by atomic mass is 35.5. The Bertz CT molecular complexity index is 2540. The molecule has 2 saturated heterocycles. The van der Waals surface area contributed by atoms with Crippen molar-refractivity contribution in [2.75, 3.05) is 69.0 Å². The fourth-order valence-electron chi connectivity index (χ4n) is 6.45. The van der Waals surface area contributed by atoms with E-state index in [4.69, 9.17) is 32.7 Å². The molecule has 5 aromatic rings. The van der Waals surface area contributed by atoms with Gasteiger partial charge >= 0.3 is 36.2 Å². The van der Waals surface area contributed by atoms with Gasteiger partial charge in [-0.3, -0.25) is 19.4 Å². The quantitative estimate of drug-likeness (QED) is 0.107. The minimum Gasteiger partial charge on any atom is -0.413 e. The summed E-state index contributed by atoms with van der Waals surface area (Å²) in [6.07, 6.45) is -9.93. The zero-order valence-corrected chi connectivity index (χ0v) is 36.2. The fraction of sp³-hybridized carbons (Fsp3) is 0.302. The molecule has 0 bridgehead atoms. The summed E-state index contributed by atoms with van der Waals surface area (Å²) in [5, 5.41) is 8.65. The largest absolute Gasteiger partial charge is 0.471 e. The van der Waals surface area contributed by atoms with Crippen LogP contribution in [0, 0.1) is 11.6 Å². The number of carbonyl (C=O) groups is 4. The molecule has 7 rings (SSSR count). The Kier molecular flexibility index (Phi) is 16.4. The van der Waals surface area contributed by atoms with E-state index < -0.39 is 54.0 Å². The van der Waals surface area contributed by atoms with Crippen LogP contribution < -0.4 is 15.1 Å². The van der Waals surface area contributed by atoms with E-state index in [9.17, 15) is 54.3 Å². The summed E-state index contributed by atoms with van der Waals surface area (Å²) < 4.78 is 120. The molecule has 356 valence electrons. The molecular weight excluding hydrogens is 949 g/mol. The number of halogens is 10. The number of ketones is 1. The monoisotopic (exact) mass is 985 g/mol. The van der Waals surface area contributed by atoms with Crippen molar-refractivity contribution in [3.8, 4) is 11.5 Å². The van der Waals surface area contributed by atoms with Crippen molar-refractivity contribution in [3.05, 3.63) is 129 Å². The number of nitrogens with one attached hydrogen (secondary N) is 1. The highest BCUT2D eigenvalue weighted by molar-refractivity contribution is 6.31. The van der Waals surface area contributed by atoms with E-state index >= 15 is 0 Å². The van der Waals surface area contributed by atoms with Crippen LogP contribution >= 0.6 is 23.2 Å². The number of hydrogen-bond donors (Lipinski definition) is 1. The molecule has 0 aliphatic carbocycles. The molecule has 5 amide bonds. The number of carbonyl (C=O) groups excluding carboxylic acids is 4. The van der Waals surface area contributed by atoms with Crippen molar-refractivity contribution in [1.82, 2.24) is 25.3 Å². The Morgan fingerprint density at radius 1 is 0.642 bits per heavy atom. The molecule has 2 fully saturated rings. The Labute approximate surface area is 385 Å². The lowest BCUT2D eigenvalue weighted by atomic mass is 10.1. The van der Waals surface area contributed by atoms with E-state index in [1.165, 1.54) is 39.4 Å². The number of ether oxygens (including phenoxy) is 2. The van der Waals surface area contributed by atoms with Crippen molar-refractivity contribution < 1.29 is 68.2 Å². The zero-order valence-electron chi connectivity index (χ0n) is 34.7. The molecule has 0 unspecified atom stereocenters. The lowest BCUT2D eigenvalue weighted by Crippen LogP contribution is -2.48. The number of anilines is 2. The predicted molar refractivity (Wildman–Crippen MR) is 225 cm³/mol. The molecule has 67 heavy (non-hydrogen) atoms. The van der Waals surface area contributed by atoms with E-state index in [0.29, 0.717) is 74.0 Å². The number of urea groups is 2. The van der Waals surface area contributed by atoms with Gasteiger partial charge in [0.1, 0.15) is 11.6 Å². The van der Waals surface area contributed by atoms with Crippen LogP contribution in [-0.4, -0.2) is 109 Å². The van der Waals surface area contributed by atoms with Gasteiger partial charge in [-0.1, -0.05) is 41.4 Å². The summed E-state index contributed by atoms with van der Waals surface area (Å²) in [5.74, 6) is -6.73. The van der Waals surface area contributed by atoms with Crippen LogP contribution in [0.1, 0.15) is 27.4 Å². The topological polar surface area (TPSA) is 151 Å². The second-order valence-corrected chi connectivity index (χ2v) is 15.4. The van der Waals surface area contributed by atoms with E-state index in [1.54, 1.807) is 58.3 Å². The summed E-state index contributed by atoms with van der Waals surface area (Å²) in [4.78, 5) is 55.2. The fourth-order valence-corrected chi connectivity index (χ4v) is 6.70. The Morgan fingerprint density at radius 3 is 1.52 bits per heavy atom. The van der Waals surface area contributed by atoms with Crippen molar-refractivity contribution in [2.45, 2.75) is 25.4 Å². The summed E-state index contributed by atoms with van der Waals surface area (Å²) in [6, 6.07) is 19.2. The molecule has 0 radical (unpaired) electrons. The van der Waals surface area contributed by atoms with Crippen LogP contribution in [0.5, 0.6) is 0 Å². The second kappa shape index (κ2) is 22.0. The van der Waals surface area contributed by atoms with Crippen molar-refractivity contribution in [3.63, 3.8) is 0 Å². The van der Waals surface area contributed by atoms with Crippen LogP contribution in [0.15, 0.2) is 89.3 Å². The number of aromatic nitrogens is 2. The first kappa shape index (κ1) is 50.1. The van der Waals surface area contributed by atoms with Gasteiger partial charge in [0, 0.05) is 69.9 Å². The summed E-state index contributed by atoms with van der Waals surface area (Å²) >= 11 is 11.9. The molecular formula is C43H37Cl2F8N7O7. The number of alkyl halides is 6. The lowest BCUT2D eigenvalue weighted by molar-refractivity contribution is -0.173. The number of Topliss-reactive ketones (excluding diaryl/α,β-unsaturated/α-hetero) is 1. The molecule has 2 aliphatic heterocycles. The van der Waals surface area contributed by atoms with E-state index in [-0.39, 0.29) is 47.4 Å². The normalized spacial score (nSPS) is 14.2.